The van der Waals surface area contributed by atoms with Crippen LogP contribution in [0.25, 0.3) is 5.69 Å². The molecule has 2 N–H and O–H groups in total. The van der Waals surface area contributed by atoms with Crippen LogP contribution in [0, 0.1) is 5.92 Å². The van der Waals surface area contributed by atoms with E-state index in [1.807, 2.05) is 35.2 Å². The second-order valence-corrected chi connectivity index (χ2v) is 5.49. The van der Waals surface area contributed by atoms with Crippen molar-refractivity contribution in [1.82, 2.24) is 19.9 Å². The monoisotopic (exact) mass is 287 g/mol. The van der Waals surface area contributed by atoms with E-state index in [-0.39, 0.29) is 12.5 Å². The molecule has 0 bridgehead atoms. The highest BCUT2D eigenvalue weighted by Gasteiger charge is 2.13. The van der Waals surface area contributed by atoms with E-state index in [4.69, 9.17) is 5.73 Å². The molecule has 0 radical (unpaired) electrons. The van der Waals surface area contributed by atoms with Crippen molar-refractivity contribution in [3.8, 4) is 5.69 Å². The first-order valence-corrected chi connectivity index (χ1v) is 7.02. The van der Waals surface area contributed by atoms with Gasteiger partial charge in [-0.05, 0) is 18.1 Å². The highest BCUT2D eigenvalue weighted by molar-refractivity contribution is 5.75. The molecule has 6 heteroatoms. The number of primary amides is 1. The molecule has 6 nitrogen and oxygen atoms in total. The number of amides is 1. The van der Waals surface area contributed by atoms with Gasteiger partial charge in [0.1, 0.15) is 0 Å². The molecule has 0 fully saturated rings. The molecule has 0 spiro atoms. The van der Waals surface area contributed by atoms with Crippen molar-refractivity contribution in [2.45, 2.75) is 20.4 Å². The molecule has 1 heterocycles. The highest BCUT2D eigenvalue weighted by atomic mass is 16.1. The van der Waals surface area contributed by atoms with E-state index in [0.29, 0.717) is 12.5 Å². The maximum absolute atomic E-state index is 11.1. The van der Waals surface area contributed by atoms with Crippen LogP contribution in [0.15, 0.2) is 36.5 Å². The summed E-state index contributed by atoms with van der Waals surface area (Å²) >= 11 is 0. The van der Waals surface area contributed by atoms with Crippen molar-refractivity contribution in [3.05, 3.63) is 42.2 Å². The molecule has 21 heavy (non-hydrogen) atoms. The number of carbonyl (C=O) groups is 1. The summed E-state index contributed by atoms with van der Waals surface area (Å²) in [4.78, 5) is 14.7. The molecule has 0 unspecified atom stereocenters. The summed E-state index contributed by atoms with van der Waals surface area (Å²) in [7, 11) is 0. The van der Waals surface area contributed by atoms with Gasteiger partial charge in [-0.2, -0.15) is 15.0 Å². The Hall–Kier alpha value is -2.21. The number of hydrogen-bond donors (Lipinski definition) is 1. The third-order valence-corrected chi connectivity index (χ3v) is 2.91. The summed E-state index contributed by atoms with van der Waals surface area (Å²) in [6, 6.07) is 9.72. The van der Waals surface area contributed by atoms with Gasteiger partial charge in [0.25, 0.3) is 0 Å². The van der Waals surface area contributed by atoms with Gasteiger partial charge in [-0.1, -0.05) is 32.0 Å². The molecule has 1 amide bonds. The van der Waals surface area contributed by atoms with Crippen LogP contribution < -0.4 is 5.73 Å². The second kappa shape index (κ2) is 6.99. The Morgan fingerprint density at radius 1 is 1.33 bits per heavy atom. The fourth-order valence-electron chi connectivity index (χ4n) is 2.20. The van der Waals surface area contributed by atoms with Crippen LogP contribution in [0.1, 0.15) is 19.5 Å². The Morgan fingerprint density at radius 3 is 2.67 bits per heavy atom. The lowest BCUT2D eigenvalue weighted by atomic mass is 10.2. The van der Waals surface area contributed by atoms with Crippen molar-refractivity contribution in [1.29, 1.82) is 0 Å². The van der Waals surface area contributed by atoms with Gasteiger partial charge in [0.05, 0.1) is 24.1 Å². The van der Waals surface area contributed by atoms with Crippen LogP contribution >= 0.6 is 0 Å². The molecule has 0 saturated heterocycles. The molecule has 1 aromatic carbocycles. The molecule has 0 saturated carbocycles. The molecule has 112 valence electrons. The minimum absolute atomic E-state index is 0.233. The molecule has 2 rings (SSSR count). The van der Waals surface area contributed by atoms with Crippen molar-refractivity contribution in [2.24, 2.45) is 11.7 Å². The molecule has 0 atom stereocenters. The minimum atomic E-state index is -0.328. The Balaban J connectivity index is 2.07. The second-order valence-electron chi connectivity index (χ2n) is 5.49. The lowest BCUT2D eigenvalue weighted by Gasteiger charge is -2.21. The van der Waals surface area contributed by atoms with Gasteiger partial charge in [0.2, 0.25) is 5.91 Å². The Labute approximate surface area is 124 Å². The predicted molar refractivity (Wildman–Crippen MR) is 80.7 cm³/mol. The number of carbonyl (C=O) groups excluding carboxylic acids is 1. The normalized spacial score (nSPS) is 11.2. The average molecular weight is 287 g/mol. The van der Waals surface area contributed by atoms with Gasteiger partial charge in [-0.15, -0.1) is 0 Å². The summed E-state index contributed by atoms with van der Waals surface area (Å²) in [5, 5.41) is 8.71. The van der Waals surface area contributed by atoms with Crippen LogP contribution in [0.3, 0.4) is 0 Å². The smallest absolute Gasteiger partial charge is 0.231 e. The largest absolute Gasteiger partial charge is 0.369 e. The van der Waals surface area contributed by atoms with Crippen LogP contribution in [-0.4, -0.2) is 38.9 Å². The third kappa shape index (κ3) is 4.68. The maximum atomic E-state index is 11.1. The van der Waals surface area contributed by atoms with E-state index in [0.717, 1.165) is 17.9 Å². The molecule has 0 aliphatic rings. The van der Waals surface area contributed by atoms with E-state index >= 15 is 0 Å². The molecule has 2 aromatic rings. The van der Waals surface area contributed by atoms with Crippen LogP contribution in [0.4, 0.5) is 0 Å². The number of hydrogen-bond acceptors (Lipinski definition) is 4. The fraction of sp³-hybridized carbons (Fsp3) is 0.400. The summed E-state index contributed by atoms with van der Waals surface area (Å²) in [5.41, 5.74) is 7.03. The van der Waals surface area contributed by atoms with Crippen LogP contribution in [0.2, 0.25) is 0 Å². The van der Waals surface area contributed by atoms with E-state index in [1.165, 1.54) is 0 Å². The first-order valence-electron chi connectivity index (χ1n) is 7.02. The van der Waals surface area contributed by atoms with E-state index in [2.05, 4.69) is 24.0 Å². The van der Waals surface area contributed by atoms with E-state index < -0.39 is 0 Å². The van der Waals surface area contributed by atoms with Gasteiger partial charge < -0.3 is 5.73 Å². The van der Waals surface area contributed by atoms with Gasteiger partial charge in [0, 0.05) is 13.1 Å². The topological polar surface area (TPSA) is 77.0 Å². The number of aromatic nitrogens is 3. The number of nitrogens with two attached hydrogens (primary N) is 1. The number of rotatable bonds is 7. The quantitative estimate of drug-likeness (QED) is 0.830. The fourth-order valence-corrected chi connectivity index (χ4v) is 2.20. The Kier molecular flexibility index (Phi) is 5.05. The van der Waals surface area contributed by atoms with Crippen molar-refractivity contribution < 1.29 is 4.79 Å². The van der Waals surface area contributed by atoms with E-state index in [1.54, 1.807) is 11.0 Å². The van der Waals surface area contributed by atoms with Crippen molar-refractivity contribution in [2.75, 3.05) is 13.1 Å². The predicted octanol–water partition coefficient (Wildman–Crippen LogP) is 1.21. The van der Waals surface area contributed by atoms with Crippen molar-refractivity contribution in [3.63, 3.8) is 0 Å². The summed E-state index contributed by atoms with van der Waals surface area (Å²) in [6.07, 6.45) is 1.72. The molecular formula is C15H21N5O. The van der Waals surface area contributed by atoms with Gasteiger partial charge in [-0.3, -0.25) is 9.69 Å². The molecule has 0 aliphatic heterocycles. The summed E-state index contributed by atoms with van der Waals surface area (Å²) in [6.45, 7) is 5.80. The molecular weight excluding hydrogens is 266 g/mol. The van der Waals surface area contributed by atoms with E-state index in [9.17, 15) is 4.79 Å². The van der Waals surface area contributed by atoms with Gasteiger partial charge in [0.15, 0.2) is 0 Å². The zero-order valence-corrected chi connectivity index (χ0v) is 12.4. The third-order valence-electron chi connectivity index (χ3n) is 2.91. The number of benzene rings is 1. The molecule has 0 aliphatic carbocycles. The SMILES string of the molecule is CC(C)CN(CC(N)=O)Cc1cnn(-c2ccccc2)n1. The lowest BCUT2D eigenvalue weighted by Crippen LogP contribution is -2.35. The Bertz CT molecular complexity index is 579. The number of para-hydroxylation sites is 1. The van der Waals surface area contributed by atoms with Gasteiger partial charge >= 0.3 is 0 Å². The first-order chi connectivity index (χ1) is 10.0. The summed E-state index contributed by atoms with van der Waals surface area (Å²) in [5.74, 6) is 0.125. The van der Waals surface area contributed by atoms with Crippen molar-refractivity contribution >= 4 is 5.91 Å². The first kappa shape index (κ1) is 15.2. The standard InChI is InChI=1S/C15H21N5O/c1-12(2)9-19(11-15(16)21)10-13-8-17-20(18-13)14-6-4-3-5-7-14/h3-8,12H,9-11H2,1-2H3,(H2,16,21). The zero-order chi connectivity index (χ0) is 15.2. The number of nitrogens with zero attached hydrogens (tertiary/aromatic N) is 4. The minimum Gasteiger partial charge on any atom is -0.369 e. The average Bonchev–Trinajstić information content (AvgIpc) is 2.86. The highest BCUT2D eigenvalue weighted by Crippen LogP contribution is 2.07. The molecule has 1 aromatic heterocycles. The maximum Gasteiger partial charge on any atom is 0.231 e. The lowest BCUT2D eigenvalue weighted by molar-refractivity contribution is -0.119. The van der Waals surface area contributed by atoms with Crippen LogP contribution in [-0.2, 0) is 11.3 Å². The summed E-state index contributed by atoms with van der Waals surface area (Å²) < 4.78 is 0. The Morgan fingerprint density at radius 2 is 2.05 bits per heavy atom. The zero-order valence-electron chi connectivity index (χ0n) is 12.4. The van der Waals surface area contributed by atoms with Crippen LogP contribution in [0.5, 0.6) is 0 Å². The van der Waals surface area contributed by atoms with Gasteiger partial charge in [-0.25, -0.2) is 0 Å².